The predicted octanol–water partition coefficient (Wildman–Crippen LogP) is 1.21. The largest absolute Gasteiger partial charge is 0.331 e. The van der Waals surface area contributed by atoms with Crippen LogP contribution in [-0.4, -0.2) is 20.5 Å². The average molecular weight is 231 g/mol. The minimum atomic E-state index is -3.99. The van der Waals surface area contributed by atoms with Crippen molar-refractivity contribution < 1.29 is 14.4 Å². The van der Waals surface area contributed by atoms with Crippen LogP contribution in [0.5, 0.6) is 0 Å². The normalized spacial score (nSPS) is 53.5. The molecular formula is C10H18NO3P. The number of rotatable bonds is 1. The summed E-state index contributed by atoms with van der Waals surface area (Å²) in [6, 6.07) is 0. The lowest BCUT2D eigenvalue weighted by atomic mass is 9.53. The highest BCUT2D eigenvalue weighted by atomic mass is 31.2. The second-order valence-corrected chi connectivity index (χ2v) is 8.13. The van der Waals surface area contributed by atoms with E-state index in [1.165, 1.54) is 0 Å². The van der Waals surface area contributed by atoms with Crippen LogP contribution in [0.4, 0.5) is 0 Å². The van der Waals surface area contributed by atoms with Crippen molar-refractivity contribution in [2.45, 2.75) is 49.2 Å². The molecule has 4 nitrogen and oxygen atoms in total. The first-order valence-electron chi connectivity index (χ1n) is 5.67. The Balaban J connectivity index is 2.03. The molecule has 4 aliphatic carbocycles. The van der Waals surface area contributed by atoms with E-state index in [4.69, 9.17) is 5.73 Å². The summed E-state index contributed by atoms with van der Waals surface area (Å²) in [5, 5.41) is -0.758. The van der Waals surface area contributed by atoms with Crippen LogP contribution in [0.2, 0.25) is 0 Å². The maximum atomic E-state index is 11.7. The lowest BCUT2D eigenvalue weighted by Crippen LogP contribution is -2.62. The minimum Gasteiger partial charge on any atom is -0.325 e. The Hall–Kier alpha value is 0.110. The molecule has 2 unspecified atom stereocenters. The number of hydrogen-bond donors (Lipinski definition) is 3. The third kappa shape index (κ3) is 1.35. The first-order chi connectivity index (χ1) is 6.82. The summed E-state index contributed by atoms with van der Waals surface area (Å²) in [5.74, 6) is 0.924. The molecule has 0 heterocycles. The van der Waals surface area contributed by atoms with Gasteiger partial charge in [0.05, 0.1) is 5.16 Å². The van der Waals surface area contributed by atoms with Crippen molar-refractivity contribution in [1.29, 1.82) is 0 Å². The summed E-state index contributed by atoms with van der Waals surface area (Å²) in [5.41, 5.74) is 5.99. The van der Waals surface area contributed by atoms with Gasteiger partial charge in [-0.1, -0.05) is 0 Å². The molecule has 4 aliphatic rings. The number of nitrogens with two attached hydrogens (primary N) is 1. The fourth-order valence-electron chi connectivity index (χ4n) is 4.63. The van der Waals surface area contributed by atoms with Crippen LogP contribution in [-0.2, 0) is 4.57 Å². The molecule has 0 saturated heterocycles. The Morgan fingerprint density at radius 2 is 1.67 bits per heavy atom. The van der Waals surface area contributed by atoms with Crippen LogP contribution in [0.15, 0.2) is 0 Å². The van der Waals surface area contributed by atoms with Gasteiger partial charge in [0, 0.05) is 5.54 Å². The smallest absolute Gasteiger partial charge is 0.325 e. The Kier molecular flexibility index (Phi) is 1.83. The molecule has 4 N–H and O–H groups in total. The molecule has 0 radical (unpaired) electrons. The highest BCUT2D eigenvalue weighted by molar-refractivity contribution is 7.53. The van der Waals surface area contributed by atoms with E-state index in [-0.39, 0.29) is 5.54 Å². The molecule has 0 aromatic heterocycles. The zero-order valence-electron chi connectivity index (χ0n) is 8.72. The second kappa shape index (κ2) is 2.67. The van der Waals surface area contributed by atoms with Crippen molar-refractivity contribution in [3.05, 3.63) is 0 Å². The highest BCUT2D eigenvalue weighted by Gasteiger charge is 2.62. The Morgan fingerprint density at radius 1 is 1.13 bits per heavy atom. The van der Waals surface area contributed by atoms with Gasteiger partial charge in [-0.2, -0.15) is 0 Å². The Morgan fingerprint density at radius 3 is 2.07 bits per heavy atom. The van der Waals surface area contributed by atoms with Gasteiger partial charge in [-0.25, -0.2) is 0 Å². The lowest BCUT2D eigenvalue weighted by Gasteiger charge is -2.60. The molecule has 15 heavy (non-hydrogen) atoms. The summed E-state index contributed by atoms with van der Waals surface area (Å²) in [4.78, 5) is 19.1. The van der Waals surface area contributed by atoms with E-state index >= 15 is 0 Å². The fraction of sp³-hybridized carbons (Fsp3) is 1.00. The zero-order chi connectivity index (χ0) is 10.9. The van der Waals surface area contributed by atoms with Gasteiger partial charge in [-0.3, -0.25) is 4.57 Å². The van der Waals surface area contributed by atoms with E-state index in [0.29, 0.717) is 31.1 Å². The van der Waals surface area contributed by atoms with E-state index < -0.39 is 12.8 Å². The van der Waals surface area contributed by atoms with Gasteiger partial charge in [0.25, 0.3) is 0 Å². The van der Waals surface area contributed by atoms with Gasteiger partial charge in [0.1, 0.15) is 0 Å². The molecule has 0 aliphatic heterocycles. The summed E-state index contributed by atoms with van der Waals surface area (Å²) >= 11 is 0. The molecule has 4 fully saturated rings. The molecule has 0 spiro atoms. The maximum Gasteiger partial charge on any atom is 0.331 e. The molecule has 2 atom stereocenters. The summed E-state index contributed by atoms with van der Waals surface area (Å²) in [6.07, 6.45) is 5.04. The molecule has 0 amide bonds. The molecular weight excluding hydrogens is 213 g/mol. The van der Waals surface area contributed by atoms with Crippen LogP contribution < -0.4 is 5.73 Å². The van der Waals surface area contributed by atoms with E-state index in [0.717, 1.165) is 19.3 Å². The fourth-order valence-corrected chi connectivity index (χ4v) is 6.14. The molecule has 4 saturated carbocycles. The van der Waals surface area contributed by atoms with Gasteiger partial charge in [-0.05, 0) is 50.4 Å². The van der Waals surface area contributed by atoms with Crippen molar-refractivity contribution in [2.24, 2.45) is 17.6 Å². The van der Waals surface area contributed by atoms with Gasteiger partial charge in [0.15, 0.2) is 0 Å². The topological polar surface area (TPSA) is 83.6 Å². The van der Waals surface area contributed by atoms with Gasteiger partial charge in [0.2, 0.25) is 0 Å². The van der Waals surface area contributed by atoms with Crippen LogP contribution >= 0.6 is 7.60 Å². The van der Waals surface area contributed by atoms with Crippen molar-refractivity contribution >= 4 is 7.60 Å². The van der Waals surface area contributed by atoms with E-state index in [1.807, 2.05) is 0 Å². The third-order valence-electron chi connectivity index (χ3n) is 4.69. The van der Waals surface area contributed by atoms with E-state index in [2.05, 4.69) is 0 Å². The van der Waals surface area contributed by atoms with Crippen molar-refractivity contribution in [3.8, 4) is 0 Å². The molecule has 4 rings (SSSR count). The quantitative estimate of drug-likeness (QED) is 0.592. The van der Waals surface area contributed by atoms with Gasteiger partial charge in [-0.15, -0.1) is 0 Å². The molecule has 0 aromatic rings. The first-order valence-corrected chi connectivity index (χ1v) is 7.28. The summed E-state index contributed by atoms with van der Waals surface area (Å²) in [6.45, 7) is 0. The average Bonchev–Trinajstić information content (AvgIpc) is 1.95. The molecule has 0 aromatic carbocycles. The highest BCUT2D eigenvalue weighted by Crippen LogP contribution is 2.69. The molecule has 86 valence electrons. The lowest BCUT2D eigenvalue weighted by molar-refractivity contribution is 0.00390. The predicted molar refractivity (Wildman–Crippen MR) is 56.4 cm³/mol. The van der Waals surface area contributed by atoms with Gasteiger partial charge >= 0.3 is 7.60 Å². The number of hydrogen-bond acceptors (Lipinski definition) is 2. The molecule has 5 heteroatoms. The minimum absolute atomic E-state index is 0.273. The van der Waals surface area contributed by atoms with Crippen LogP contribution in [0.1, 0.15) is 38.5 Å². The first kappa shape index (κ1) is 10.3. The Labute approximate surface area is 89.4 Å². The van der Waals surface area contributed by atoms with Crippen LogP contribution in [0.3, 0.4) is 0 Å². The second-order valence-electron chi connectivity index (χ2n) is 6.09. The van der Waals surface area contributed by atoms with Crippen LogP contribution in [0, 0.1) is 11.8 Å². The Bertz CT molecular complexity index is 337. The standard InChI is InChI=1S/C10H18NO3P/c11-9-2-7-1-8(3-9)5-10(4-7,6-9)15(12,13)14/h7-8H,1-6,11H2,(H2,12,13,14). The summed E-state index contributed by atoms with van der Waals surface area (Å²) in [7, 11) is -3.99. The third-order valence-corrected chi connectivity index (χ3v) is 6.45. The van der Waals surface area contributed by atoms with Crippen molar-refractivity contribution in [1.82, 2.24) is 0 Å². The zero-order valence-corrected chi connectivity index (χ0v) is 9.62. The van der Waals surface area contributed by atoms with Crippen molar-refractivity contribution in [2.75, 3.05) is 0 Å². The maximum absolute atomic E-state index is 11.7. The summed E-state index contributed by atoms with van der Waals surface area (Å²) < 4.78 is 11.7. The molecule has 4 bridgehead atoms. The van der Waals surface area contributed by atoms with Crippen molar-refractivity contribution in [3.63, 3.8) is 0 Å². The van der Waals surface area contributed by atoms with Gasteiger partial charge < -0.3 is 15.5 Å². The van der Waals surface area contributed by atoms with E-state index in [9.17, 15) is 14.4 Å². The monoisotopic (exact) mass is 231 g/mol. The van der Waals surface area contributed by atoms with E-state index in [1.54, 1.807) is 0 Å². The van der Waals surface area contributed by atoms with Crippen LogP contribution in [0.25, 0.3) is 0 Å². The SMILES string of the molecule is NC12CC3CC(C1)CC(P(=O)(O)O)(C3)C2.